The number of halogens is 4. The highest BCUT2D eigenvalue weighted by atomic mass is 19.0. The van der Waals surface area contributed by atoms with Crippen molar-refractivity contribution in [1.82, 2.24) is 5.32 Å². The summed E-state index contributed by atoms with van der Waals surface area (Å²) in [4.78, 5) is 19.2. The van der Waals surface area contributed by atoms with E-state index >= 15 is 0 Å². The molecule has 0 spiro atoms. The molecule has 0 aromatic heterocycles. The highest BCUT2D eigenvalue weighted by Gasteiger charge is 2.08. The molecular formula is C35H56F4N8. The topological polar surface area (TPSA) is 99.5 Å². The molecule has 1 aromatic carbocycles. The molecule has 3 aliphatic carbocycles. The van der Waals surface area contributed by atoms with Crippen molar-refractivity contribution < 1.29 is 23.8 Å². The van der Waals surface area contributed by atoms with E-state index in [1.807, 2.05) is 89.9 Å². The molecule has 1 aromatic rings. The number of hydrogen-bond acceptors (Lipinski definition) is 7. The number of rotatable bonds is 3. The van der Waals surface area contributed by atoms with Crippen molar-refractivity contribution in [3.63, 3.8) is 0 Å². The Hall–Kier alpha value is -4.87. The van der Waals surface area contributed by atoms with E-state index in [4.69, 9.17) is 0 Å². The number of nitrogens with zero attached hydrogens (tertiary/aromatic N) is 4. The van der Waals surface area contributed by atoms with Crippen LogP contribution in [0.5, 0.6) is 0 Å². The van der Waals surface area contributed by atoms with Crippen molar-refractivity contribution in [2.24, 2.45) is 25.9 Å². The number of aryl methyl sites for hydroxylation is 1. The van der Waals surface area contributed by atoms with Gasteiger partial charge in [0, 0.05) is 90.2 Å². The molecule has 8 nitrogen and oxygen atoms in total. The van der Waals surface area contributed by atoms with Crippen LogP contribution >= 0.6 is 0 Å². The first kappa shape index (κ1) is 51.7. The lowest BCUT2D eigenvalue weighted by Gasteiger charge is -2.13. The number of likely N-dealkylation sites (N-methyl/N-ethyl adjacent to an activating group) is 1. The van der Waals surface area contributed by atoms with Crippen LogP contribution in [0.25, 0.3) is 0 Å². The minimum absolute atomic E-state index is 0. The molecular weight excluding hydrogens is 608 g/mol. The summed E-state index contributed by atoms with van der Waals surface area (Å²) in [6, 6.07) is 6.24. The largest absolute Gasteiger partial charge is 1.00 e. The number of anilines is 2. The maximum atomic E-state index is 4.15. The van der Waals surface area contributed by atoms with Gasteiger partial charge in [-0.3, -0.25) is 34.1 Å². The zero-order chi connectivity index (χ0) is 31.3. The molecule has 264 valence electrons. The molecule has 1 atom stereocenters. The fraction of sp³-hybridized carbons (Fsp3) is 0.343. The van der Waals surface area contributed by atoms with Crippen molar-refractivity contribution in [3.05, 3.63) is 96.3 Å². The van der Waals surface area contributed by atoms with Crippen LogP contribution in [0, 0.1) is 12.8 Å². The van der Waals surface area contributed by atoms with Gasteiger partial charge >= 0.3 is 0 Å². The van der Waals surface area contributed by atoms with Gasteiger partial charge in [-0.05, 0) is 79.3 Å². The van der Waals surface area contributed by atoms with E-state index in [2.05, 4.69) is 85.1 Å². The second-order valence-corrected chi connectivity index (χ2v) is 9.16. The first-order chi connectivity index (χ1) is 20.3. The van der Waals surface area contributed by atoms with Gasteiger partial charge in [-0.2, -0.15) is 0 Å². The molecule has 0 aliphatic heterocycles. The average molecular weight is 665 g/mol. The van der Waals surface area contributed by atoms with E-state index in [-0.39, 0.29) is 26.2 Å². The van der Waals surface area contributed by atoms with Crippen molar-refractivity contribution in [3.8, 4) is 0 Å². The normalized spacial score (nSPS) is 15.2. The second-order valence-electron chi connectivity index (χ2n) is 9.16. The van der Waals surface area contributed by atoms with Gasteiger partial charge in [-0.15, -0.1) is 0 Å². The average Bonchev–Trinajstić information content (AvgIpc) is 3.05. The van der Waals surface area contributed by atoms with Crippen LogP contribution in [0.1, 0.15) is 19.9 Å². The van der Waals surface area contributed by atoms with E-state index in [1.54, 1.807) is 21.1 Å². The van der Waals surface area contributed by atoms with E-state index in [0.29, 0.717) is 5.92 Å². The molecule has 0 radical (unpaired) electrons. The van der Waals surface area contributed by atoms with Crippen LogP contribution in [0.4, 0.5) is 25.5 Å². The lowest BCUT2D eigenvalue weighted by atomic mass is 9.99. The van der Waals surface area contributed by atoms with Gasteiger partial charge in [-0.1, -0.05) is 20.4 Å². The maximum absolute atomic E-state index is 4.15. The number of nitrogens with one attached hydrogen (secondary N) is 4. The Morgan fingerprint density at radius 1 is 0.638 bits per heavy atom. The van der Waals surface area contributed by atoms with Crippen molar-refractivity contribution >= 4 is 39.9 Å². The predicted molar refractivity (Wildman–Crippen MR) is 202 cm³/mol. The molecule has 0 amide bonds. The van der Waals surface area contributed by atoms with Gasteiger partial charge in [0.05, 0.1) is 17.1 Å². The van der Waals surface area contributed by atoms with Gasteiger partial charge in [-0.25, -0.2) is 4.99 Å². The monoisotopic (exact) mass is 664 g/mol. The molecule has 3 aliphatic rings. The predicted octanol–water partition coefficient (Wildman–Crippen LogP) is 2.13. The number of hydrogen-bond donors (Lipinski definition) is 4. The van der Waals surface area contributed by atoms with Gasteiger partial charge in [0.15, 0.2) is 5.71 Å². The summed E-state index contributed by atoms with van der Waals surface area (Å²) >= 11 is 0. The minimum Gasteiger partial charge on any atom is -1.00 e. The smallest absolute Gasteiger partial charge is 0.198 e. The van der Waals surface area contributed by atoms with Crippen LogP contribution in [0.2, 0.25) is 0 Å². The lowest BCUT2D eigenvalue weighted by molar-refractivity contribution is -0.417. The lowest BCUT2D eigenvalue weighted by Crippen LogP contribution is -3.00. The number of benzene rings is 1. The van der Waals surface area contributed by atoms with Crippen LogP contribution < -0.4 is 25.6 Å². The third kappa shape index (κ3) is 19.3. The Balaban J connectivity index is -0.000000161. The molecule has 12 heteroatoms. The fourth-order valence-electron chi connectivity index (χ4n) is 3.81. The van der Waals surface area contributed by atoms with Gasteiger partial charge in [0.25, 0.3) is 0 Å². The maximum Gasteiger partial charge on any atom is 0.198 e. The summed E-state index contributed by atoms with van der Waals surface area (Å²) in [5.74, 6) is 0.437. The van der Waals surface area contributed by atoms with Crippen LogP contribution in [-0.2, 0) is 0 Å². The Bertz CT molecular complexity index is 1230. The van der Waals surface area contributed by atoms with Crippen LogP contribution in [0.15, 0.2) is 111 Å². The van der Waals surface area contributed by atoms with Gasteiger partial charge < -0.3 is 20.7 Å². The number of aliphatic imine (C=N–C) groups is 4. The van der Waals surface area contributed by atoms with E-state index < -0.39 is 0 Å². The van der Waals surface area contributed by atoms with Gasteiger partial charge in [0.1, 0.15) is 7.05 Å². The zero-order valence-corrected chi connectivity index (χ0v) is 28.6. The first-order valence-corrected chi connectivity index (χ1v) is 14.0. The Kier molecular flexibility index (Phi) is 32.8. The minimum atomic E-state index is 0. The fourth-order valence-corrected chi connectivity index (χ4v) is 3.81. The molecule has 0 fully saturated rings. The quantitative estimate of drug-likeness (QED) is 0.295. The SMILES string of the molecule is C.CN=C1C=CC(=NC)C=C1.CN=C1C=CC(=[NH+]C)C=C1.CN=C1C=CC(NC)=CC1C.CNc1ccc(NC)c(C)c1.F.F.F.[F-]. The van der Waals surface area contributed by atoms with Crippen molar-refractivity contribution in [2.45, 2.75) is 21.3 Å². The summed E-state index contributed by atoms with van der Waals surface area (Å²) in [7, 11) is 14.9. The van der Waals surface area contributed by atoms with Crippen molar-refractivity contribution in [1.29, 1.82) is 0 Å². The Labute approximate surface area is 279 Å². The van der Waals surface area contributed by atoms with Crippen LogP contribution in [-0.4, -0.2) is 84.9 Å². The molecule has 47 heavy (non-hydrogen) atoms. The molecule has 1 unspecified atom stereocenters. The van der Waals surface area contributed by atoms with E-state index in [9.17, 15) is 0 Å². The third-order valence-corrected chi connectivity index (χ3v) is 6.44. The molecule has 0 saturated carbocycles. The highest BCUT2D eigenvalue weighted by molar-refractivity contribution is 6.18. The summed E-state index contributed by atoms with van der Waals surface area (Å²) in [5, 5.41) is 9.31. The molecule has 0 saturated heterocycles. The molecule has 0 bridgehead atoms. The molecule has 4 N–H and O–H groups in total. The first-order valence-electron chi connectivity index (χ1n) is 14.0. The summed E-state index contributed by atoms with van der Waals surface area (Å²) in [6.45, 7) is 4.23. The Morgan fingerprint density at radius 3 is 1.43 bits per heavy atom. The van der Waals surface area contributed by atoms with Gasteiger partial charge in [0.2, 0.25) is 0 Å². The number of allylic oxidation sites excluding steroid dienone is 11. The van der Waals surface area contributed by atoms with E-state index in [1.165, 1.54) is 16.9 Å². The van der Waals surface area contributed by atoms with E-state index in [0.717, 1.165) is 34.2 Å². The summed E-state index contributed by atoms with van der Waals surface area (Å²) in [6.07, 6.45) is 22.0. The van der Waals surface area contributed by atoms with Crippen molar-refractivity contribution in [2.75, 3.05) is 67.0 Å². The molecule has 4 rings (SSSR count). The zero-order valence-electron chi connectivity index (χ0n) is 28.6. The standard InChI is InChI=1S/2C9H14N2.2C8H10N2.CH4.4FH/c2*1-7-6-8(10-2)4-5-9(7)11-3;2*1-9-7-3-5-8(10-2)6-4-7;;;;;/h4-6,10-11H,1-3H3;4-7,10H,1-3H3;2*3-6H,1-2H3;1H4;4*1H. The molecule has 0 heterocycles. The summed E-state index contributed by atoms with van der Waals surface area (Å²) < 4.78 is 0. The third-order valence-electron chi connectivity index (χ3n) is 6.44. The summed E-state index contributed by atoms with van der Waals surface area (Å²) in [5.41, 5.74) is 10.0. The highest BCUT2D eigenvalue weighted by Crippen LogP contribution is 2.18. The second kappa shape index (κ2) is 29.8. The Morgan fingerprint density at radius 2 is 1.11 bits per heavy atom. The van der Waals surface area contributed by atoms with Crippen LogP contribution in [0.3, 0.4) is 0 Å².